The van der Waals surface area contributed by atoms with Crippen molar-refractivity contribution in [2.24, 2.45) is 5.92 Å². The van der Waals surface area contributed by atoms with Crippen LogP contribution in [-0.2, 0) is 0 Å². The number of aromatic nitrogens is 3. The molecule has 1 fully saturated rings. The minimum Gasteiger partial charge on any atom is -0.393 e. The molecular weight excluding hydrogens is 256 g/mol. The van der Waals surface area contributed by atoms with Gasteiger partial charge in [-0.05, 0) is 12.8 Å². The fraction of sp³-hybridized carbons (Fsp3) is 0.500. The molecule has 1 saturated carbocycles. The summed E-state index contributed by atoms with van der Waals surface area (Å²) in [7, 11) is 0. The number of carbonyl (C=O) groups is 1. The Kier molecular flexibility index (Phi) is 3.64. The Morgan fingerprint density at radius 1 is 1.40 bits per heavy atom. The van der Waals surface area contributed by atoms with Gasteiger partial charge in [-0.15, -0.1) is 0 Å². The van der Waals surface area contributed by atoms with Gasteiger partial charge in [-0.2, -0.15) is 5.10 Å². The first-order valence-electron chi connectivity index (χ1n) is 6.99. The fourth-order valence-electron chi connectivity index (χ4n) is 2.75. The quantitative estimate of drug-likeness (QED) is 0.875. The SMILES string of the molecule is O=C(NC[C@@H]1CCCC[C@@H]1O)c1cnn2ccncc12. The van der Waals surface area contributed by atoms with Gasteiger partial charge in [0.05, 0.1) is 29.6 Å². The highest BCUT2D eigenvalue weighted by Gasteiger charge is 2.24. The number of hydrogen-bond donors (Lipinski definition) is 2. The van der Waals surface area contributed by atoms with Gasteiger partial charge in [0, 0.05) is 24.9 Å². The minimum atomic E-state index is -0.297. The number of rotatable bonds is 3. The summed E-state index contributed by atoms with van der Waals surface area (Å²) in [4.78, 5) is 16.2. The number of nitrogens with zero attached hydrogens (tertiary/aromatic N) is 3. The summed E-state index contributed by atoms with van der Waals surface area (Å²) in [5.74, 6) is -0.00145. The summed E-state index contributed by atoms with van der Waals surface area (Å²) < 4.78 is 1.62. The van der Waals surface area contributed by atoms with Crippen LogP contribution in [0.3, 0.4) is 0 Å². The van der Waals surface area contributed by atoms with Gasteiger partial charge in [-0.3, -0.25) is 9.78 Å². The van der Waals surface area contributed by atoms with Crippen LogP contribution < -0.4 is 5.32 Å². The van der Waals surface area contributed by atoms with E-state index in [-0.39, 0.29) is 17.9 Å². The highest BCUT2D eigenvalue weighted by atomic mass is 16.3. The average Bonchev–Trinajstić information content (AvgIpc) is 2.90. The lowest BCUT2D eigenvalue weighted by molar-refractivity contribution is 0.0663. The van der Waals surface area contributed by atoms with Crippen LogP contribution in [0.4, 0.5) is 0 Å². The number of carbonyl (C=O) groups excluding carboxylic acids is 1. The van der Waals surface area contributed by atoms with Crippen molar-refractivity contribution in [3.05, 3.63) is 30.4 Å². The van der Waals surface area contributed by atoms with E-state index in [9.17, 15) is 9.90 Å². The fourth-order valence-corrected chi connectivity index (χ4v) is 2.75. The Morgan fingerprint density at radius 2 is 2.25 bits per heavy atom. The first-order valence-corrected chi connectivity index (χ1v) is 6.99. The largest absolute Gasteiger partial charge is 0.393 e. The van der Waals surface area contributed by atoms with Crippen molar-refractivity contribution >= 4 is 11.4 Å². The van der Waals surface area contributed by atoms with Gasteiger partial charge < -0.3 is 10.4 Å². The van der Waals surface area contributed by atoms with Crippen molar-refractivity contribution in [1.29, 1.82) is 0 Å². The summed E-state index contributed by atoms with van der Waals surface area (Å²) in [6.07, 6.45) is 10.2. The maximum absolute atomic E-state index is 12.2. The van der Waals surface area contributed by atoms with Crippen molar-refractivity contribution in [3.63, 3.8) is 0 Å². The molecule has 106 valence electrons. The zero-order chi connectivity index (χ0) is 13.9. The van der Waals surface area contributed by atoms with E-state index in [2.05, 4.69) is 15.4 Å². The summed E-state index contributed by atoms with van der Waals surface area (Å²) >= 11 is 0. The van der Waals surface area contributed by atoms with Crippen molar-refractivity contribution in [3.8, 4) is 0 Å². The van der Waals surface area contributed by atoms with E-state index in [1.165, 1.54) is 0 Å². The molecule has 0 aliphatic heterocycles. The zero-order valence-corrected chi connectivity index (χ0v) is 11.2. The first-order chi connectivity index (χ1) is 9.75. The van der Waals surface area contributed by atoms with Crippen LogP contribution in [0.1, 0.15) is 36.0 Å². The summed E-state index contributed by atoms with van der Waals surface area (Å²) in [6.45, 7) is 0.512. The molecule has 6 heteroatoms. The molecule has 0 spiro atoms. The molecule has 0 aromatic carbocycles. The van der Waals surface area contributed by atoms with E-state index in [0.29, 0.717) is 17.6 Å². The van der Waals surface area contributed by atoms with E-state index >= 15 is 0 Å². The Bertz CT molecular complexity index is 610. The van der Waals surface area contributed by atoms with Crippen LogP contribution in [0, 0.1) is 5.92 Å². The highest BCUT2D eigenvalue weighted by Crippen LogP contribution is 2.23. The molecule has 3 rings (SSSR count). The third kappa shape index (κ3) is 2.51. The molecule has 2 atom stereocenters. The molecule has 1 aliphatic carbocycles. The van der Waals surface area contributed by atoms with Crippen LogP contribution in [-0.4, -0.2) is 38.3 Å². The van der Waals surface area contributed by atoms with E-state index in [0.717, 1.165) is 25.7 Å². The third-order valence-electron chi connectivity index (χ3n) is 3.96. The van der Waals surface area contributed by atoms with Crippen molar-refractivity contribution < 1.29 is 9.90 Å². The molecular formula is C14H18N4O2. The molecule has 2 aromatic heterocycles. The Balaban J connectivity index is 1.67. The van der Waals surface area contributed by atoms with Crippen LogP contribution in [0.15, 0.2) is 24.8 Å². The summed E-state index contributed by atoms with van der Waals surface area (Å²) in [6, 6.07) is 0. The average molecular weight is 274 g/mol. The second-order valence-electron chi connectivity index (χ2n) is 5.29. The maximum Gasteiger partial charge on any atom is 0.255 e. The number of amides is 1. The number of aliphatic hydroxyl groups is 1. The van der Waals surface area contributed by atoms with E-state index in [1.54, 1.807) is 29.3 Å². The van der Waals surface area contributed by atoms with Gasteiger partial charge in [-0.1, -0.05) is 12.8 Å². The second kappa shape index (κ2) is 5.58. The van der Waals surface area contributed by atoms with Crippen molar-refractivity contribution in [2.75, 3.05) is 6.54 Å². The predicted octanol–water partition coefficient (Wildman–Crippen LogP) is 1.01. The van der Waals surface area contributed by atoms with E-state index in [4.69, 9.17) is 0 Å². The molecule has 2 aromatic rings. The minimum absolute atomic E-state index is 0.160. The lowest BCUT2D eigenvalue weighted by atomic mass is 9.86. The smallest absolute Gasteiger partial charge is 0.255 e. The first kappa shape index (κ1) is 13.1. The van der Waals surface area contributed by atoms with Gasteiger partial charge in [-0.25, -0.2) is 4.52 Å². The molecule has 1 amide bonds. The topological polar surface area (TPSA) is 79.5 Å². The van der Waals surface area contributed by atoms with Gasteiger partial charge in [0.25, 0.3) is 5.91 Å². The normalized spacial score (nSPS) is 22.9. The van der Waals surface area contributed by atoms with E-state index < -0.39 is 0 Å². The molecule has 0 bridgehead atoms. The molecule has 0 saturated heterocycles. The number of aliphatic hydroxyl groups excluding tert-OH is 1. The molecule has 20 heavy (non-hydrogen) atoms. The molecule has 2 heterocycles. The number of nitrogens with one attached hydrogen (secondary N) is 1. The number of fused-ring (bicyclic) bond motifs is 1. The highest BCUT2D eigenvalue weighted by molar-refractivity contribution is 6.00. The molecule has 2 N–H and O–H groups in total. The lowest BCUT2D eigenvalue weighted by Crippen LogP contribution is -2.36. The molecule has 6 nitrogen and oxygen atoms in total. The zero-order valence-electron chi connectivity index (χ0n) is 11.2. The molecule has 1 aliphatic rings. The molecule has 0 unspecified atom stereocenters. The van der Waals surface area contributed by atoms with Crippen LogP contribution in [0.2, 0.25) is 0 Å². The predicted molar refractivity (Wildman–Crippen MR) is 73.3 cm³/mol. The lowest BCUT2D eigenvalue weighted by Gasteiger charge is -2.27. The molecule has 0 radical (unpaired) electrons. The van der Waals surface area contributed by atoms with Crippen molar-refractivity contribution in [2.45, 2.75) is 31.8 Å². The Morgan fingerprint density at radius 3 is 3.10 bits per heavy atom. The standard InChI is InChI=1S/C14H18N4O2/c19-13-4-2-1-3-10(13)7-16-14(20)11-8-17-18-6-5-15-9-12(11)18/h5-6,8-10,13,19H,1-4,7H2,(H,16,20)/t10-,13-/m0/s1. The maximum atomic E-state index is 12.2. The third-order valence-corrected chi connectivity index (χ3v) is 3.96. The van der Waals surface area contributed by atoms with Crippen LogP contribution in [0.25, 0.3) is 5.52 Å². The van der Waals surface area contributed by atoms with Crippen LogP contribution >= 0.6 is 0 Å². The van der Waals surface area contributed by atoms with Gasteiger partial charge in [0.1, 0.15) is 0 Å². The van der Waals surface area contributed by atoms with Crippen LogP contribution in [0.5, 0.6) is 0 Å². The summed E-state index contributed by atoms with van der Waals surface area (Å²) in [5, 5.41) is 16.9. The van der Waals surface area contributed by atoms with Gasteiger partial charge in [0.2, 0.25) is 0 Å². The summed E-state index contributed by atoms with van der Waals surface area (Å²) in [5.41, 5.74) is 1.21. The second-order valence-corrected chi connectivity index (χ2v) is 5.29. The van der Waals surface area contributed by atoms with Gasteiger partial charge >= 0.3 is 0 Å². The monoisotopic (exact) mass is 274 g/mol. The number of hydrogen-bond acceptors (Lipinski definition) is 4. The van der Waals surface area contributed by atoms with Crippen molar-refractivity contribution in [1.82, 2.24) is 19.9 Å². The van der Waals surface area contributed by atoms with E-state index in [1.807, 2.05) is 0 Å². The Labute approximate surface area is 116 Å². The Hall–Kier alpha value is -1.95. The van der Waals surface area contributed by atoms with Gasteiger partial charge in [0.15, 0.2) is 0 Å².